The molecule has 2 unspecified atom stereocenters. The standard InChI is InChI=1S/C21H36N6.HI/c1-18(16-26-13-11-25(3)12-14-26)15-23-21(22-2)24-19-9-10-27(17-19)20-7-5-4-6-8-20;/h4-8,18-19H,9-17H2,1-3H3,(H2,22,23,24);1H. The number of hydrogen-bond donors (Lipinski definition) is 2. The smallest absolute Gasteiger partial charge is 0.191 e. The third-order valence-electron chi connectivity index (χ3n) is 5.66. The van der Waals surface area contributed by atoms with Crippen LogP contribution in [0.15, 0.2) is 35.3 Å². The summed E-state index contributed by atoms with van der Waals surface area (Å²) in [6, 6.07) is 11.1. The average Bonchev–Trinajstić information content (AvgIpc) is 3.16. The molecule has 2 N–H and O–H groups in total. The first kappa shape index (κ1) is 23.2. The van der Waals surface area contributed by atoms with Crippen LogP contribution in [0.1, 0.15) is 13.3 Å². The number of aliphatic imine (C=N–C) groups is 1. The first-order chi connectivity index (χ1) is 13.1. The molecule has 0 aromatic heterocycles. The Morgan fingerprint density at radius 3 is 2.54 bits per heavy atom. The number of benzene rings is 1. The van der Waals surface area contributed by atoms with Gasteiger partial charge in [0.25, 0.3) is 0 Å². The number of anilines is 1. The number of hydrogen-bond acceptors (Lipinski definition) is 4. The topological polar surface area (TPSA) is 46.1 Å². The van der Waals surface area contributed by atoms with Crippen molar-refractivity contribution in [3.05, 3.63) is 30.3 Å². The number of nitrogens with zero attached hydrogens (tertiary/aromatic N) is 4. The molecule has 158 valence electrons. The van der Waals surface area contributed by atoms with Crippen molar-refractivity contribution in [3.8, 4) is 0 Å². The molecule has 2 heterocycles. The van der Waals surface area contributed by atoms with E-state index < -0.39 is 0 Å². The number of piperazine rings is 1. The fourth-order valence-electron chi connectivity index (χ4n) is 3.95. The van der Waals surface area contributed by atoms with Gasteiger partial charge in [-0.25, -0.2) is 0 Å². The lowest BCUT2D eigenvalue weighted by Crippen LogP contribution is -2.49. The Balaban J connectivity index is 0.00000280. The van der Waals surface area contributed by atoms with E-state index >= 15 is 0 Å². The van der Waals surface area contributed by atoms with E-state index in [0.29, 0.717) is 12.0 Å². The zero-order chi connectivity index (χ0) is 19.1. The highest BCUT2D eigenvalue weighted by molar-refractivity contribution is 14.0. The zero-order valence-electron chi connectivity index (χ0n) is 17.6. The minimum atomic E-state index is 0. The molecule has 2 saturated heterocycles. The molecule has 3 rings (SSSR count). The van der Waals surface area contributed by atoms with E-state index in [1.54, 1.807) is 0 Å². The van der Waals surface area contributed by atoms with Crippen molar-refractivity contribution in [2.75, 3.05) is 71.4 Å². The zero-order valence-corrected chi connectivity index (χ0v) is 19.9. The first-order valence-corrected chi connectivity index (χ1v) is 10.3. The summed E-state index contributed by atoms with van der Waals surface area (Å²) in [6.07, 6.45) is 1.15. The van der Waals surface area contributed by atoms with Crippen molar-refractivity contribution in [1.82, 2.24) is 20.4 Å². The molecule has 2 aliphatic rings. The van der Waals surface area contributed by atoms with E-state index in [1.165, 1.54) is 31.9 Å². The molecule has 1 aromatic carbocycles. The van der Waals surface area contributed by atoms with Crippen LogP contribution in [0.4, 0.5) is 5.69 Å². The van der Waals surface area contributed by atoms with Gasteiger partial charge in [-0.2, -0.15) is 0 Å². The van der Waals surface area contributed by atoms with Crippen molar-refractivity contribution < 1.29 is 0 Å². The summed E-state index contributed by atoms with van der Waals surface area (Å²) < 4.78 is 0. The summed E-state index contributed by atoms with van der Waals surface area (Å²) in [5.41, 5.74) is 1.31. The van der Waals surface area contributed by atoms with Crippen LogP contribution in [-0.4, -0.2) is 88.3 Å². The molecule has 0 amide bonds. The van der Waals surface area contributed by atoms with Crippen LogP contribution in [0.25, 0.3) is 0 Å². The number of para-hydroxylation sites is 1. The van der Waals surface area contributed by atoms with E-state index in [2.05, 4.69) is 74.6 Å². The molecule has 0 spiro atoms. The fourth-order valence-corrected chi connectivity index (χ4v) is 3.95. The molecule has 2 fully saturated rings. The molecule has 0 radical (unpaired) electrons. The van der Waals surface area contributed by atoms with Crippen molar-refractivity contribution >= 4 is 35.6 Å². The Kier molecular flexibility index (Phi) is 9.81. The van der Waals surface area contributed by atoms with Crippen LogP contribution in [0.2, 0.25) is 0 Å². The highest BCUT2D eigenvalue weighted by Crippen LogP contribution is 2.19. The third-order valence-corrected chi connectivity index (χ3v) is 5.66. The summed E-state index contributed by atoms with van der Waals surface area (Å²) in [7, 11) is 4.07. The maximum atomic E-state index is 4.43. The Hall–Kier alpha value is -1.06. The molecule has 6 nitrogen and oxygen atoms in total. The van der Waals surface area contributed by atoms with Crippen LogP contribution < -0.4 is 15.5 Å². The molecule has 1 aromatic rings. The van der Waals surface area contributed by atoms with Crippen LogP contribution in [0.3, 0.4) is 0 Å². The molecule has 0 aliphatic carbocycles. The lowest BCUT2D eigenvalue weighted by Gasteiger charge is -2.34. The molecule has 0 saturated carbocycles. The molecule has 0 bridgehead atoms. The second-order valence-electron chi connectivity index (χ2n) is 8.07. The van der Waals surface area contributed by atoms with Gasteiger partial charge >= 0.3 is 0 Å². The van der Waals surface area contributed by atoms with E-state index in [9.17, 15) is 0 Å². The quantitative estimate of drug-likeness (QED) is 0.355. The number of likely N-dealkylation sites (N-methyl/N-ethyl adjacent to an activating group) is 1. The molecular formula is C21H37IN6. The van der Waals surface area contributed by atoms with Gasteiger partial charge in [0.1, 0.15) is 0 Å². The largest absolute Gasteiger partial charge is 0.369 e. The van der Waals surface area contributed by atoms with Gasteiger partial charge in [0.05, 0.1) is 0 Å². The lowest BCUT2D eigenvalue weighted by molar-refractivity contribution is 0.139. The molecule has 2 atom stereocenters. The normalized spacial score (nSPS) is 22.6. The second kappa shape index (κ2) is 11.8. The van der Waals surface area contributed by atoms with Crippen molar-refractivity contribution in [1.29, 1.82) is 0 Å². The second-order valence-corrected chi connectivity index (χ2v) is 8.07. The summed E-state index contributed by atoms with van der Waals surface area (Å²) in [5.74, 6) is 1.54. The monoisotopic (exact) mass is 500 g/mol. The average molecular weight is 500 g/mol. The Morgan fingerprint density at radius 1 is 1.14 bits per heavy atom. The van der Waals surface area contributed by atoms with Crippen molar-refractivity contribution in [2.24, 2.45) is 10.9 Å². The summed E-state index contributed by atoms with van der Waals surface area (Å²) >= 11 is 0. The van der Waals surface area contributed by atoms with Gasteiger partial charge in [-0.05, 0) is 31.5 Å². The first-order valence-electron chi connectivity index (χ1n) is 10.3. The van der Waals surface area contributed by atoms with Crippen LogP contribution in [0, 0.1) is 5.92 Å². The number of guanidine groups is 1. The van der Waals surface area contributed by atoms with E-state index in [4.69, 9.17) is 0 Å². The van der Waals surface area contributed by atoms with Gasteiger partial charge in [0, 0.05) is 71.1 Å². The fraction of sp³-hybridized carbons (Fsp3) is 0.667. The number of rotatable bonds is 6. The number of nitrogens with one attached hydrogen (secondary N) is 2. The molecular weight excluding hydrogens is 463 g/mol. The van der Waals surface area contributed by atoms with Gasteiger partial charge in [-0.1, -0.05) is 25.1 Å². The van der Waals surface area contributed by atoms with Gasteiger partial charge in [-0.15, -0.1) is 24.0 Å². The maximum absolute atomic E-state index is 4.43. The van der Waals surface area contributed by atoms with E-state index in [-0.39, 0.29) is 24.0 Å². The van der Waals surface area contributed by atoms with Gasteiger partial charge in [0.2, 0.25) is 0 Å². The maximum Gasteiger partial charge on any atom is 0.191 e. The number of halogens is 1. The summed E-state index contributed by atoms with van der Waals surface area (Å²) in [5, 5.41) is 7.14. The predicted octanol–water partition coefficient (Wildman–Crippen LogP) is 1.93. The minimum absolute atomic E-state index is 0. The minimum Gasteiger partial charge on any atom is -0.369 e. The highest BCUT2D eigenvalue weighted by atomic mass is 127. The Labute approximate surface area is 187 Å². The van der Waals surface area contributed by atoms with E-state index in [1.807, 2.05) is 7.05 Å². The lowest BCUT2D eigenvalue weighted by atomic mass is 10.1. The van der Waals surface area contributed by atoms with Crippen molar-refractivity contribution in [3.63, 3.8) is 0 Å². The predicted molar refractivity (Wildman–Crippen MR) is 130 cm³/mol. The van der Waals surface area contributed by atoms with Crippen LogP contribution in [0.5, 0.6) is 0 Å². The summed E-state index contributed by atoms with van der Waals surface area (Å²) in [4.78, 5) is 11.9. The van der Waals surface area contributed by atoms with E-state index in [0.717, 1.165) is 38.6 Å². The Morgan fingerprint density at radius 2 is 1.86 bits per heavy atom. The third kappa shape index (κ3) is 7.08. The van der Waals surface area contributed by atoms with Gasteiger partial charge < -0.3 is 25.3 Å². The highest BCUT2D eigenvalue weighted by Gasteiger charge is 2.23. The van der Waals surface area contributed by atoms with Crippen LogP contribution >= 0.6 is 24.0 Å². The van der Waals surface area contributed by atoms with Gasteiger partial charge in [0.15, 0.2) is 5.96 Å². The molecule has 28 heavy (non-hydrogen) atoms. The Bertz CT molecular complexity index is 588. The van der Waals surface area contributed by atoms with Gasteiger partial charge in [-0.3, -0.25) is 4.99 Å². The van der Waals surface area contributed by atoms with Crippen molar-refractivity contribution in [2.45, 2.75) is 19.4 Å². The summed E-state index contributed by atoms with van der Waals surface area (Å²) in [6.45, 7) is 11.3. The SMILES string of the molecule is CN=C(NCC(C)CN1CCN(C)CC1)NC1CCN(c2ccccc2)C1.I. The van der Waals surface area contributed by atoms with Crippen LogP contribution in [-0.2, 0) is 0 Å². The molecule has 7 heteroatoms. The molecule has 2 aliphatic heterocycles.